The van der Waals surface area contributed by atoms with E-state index >= 15 is 0 Å². The van der Waals surface area contributed by atoms with Crippen molar-refractivity contribution in [3.05, 3.63) is 100 Å². The minimum Gasteiger partial charge on any atom is -0.379 e. The van der Waals surface area contributed by atoms with Crippen molar-refractivity contribution >= 4 is 22.2 Å². The Kier molecular flexibility index (Phi) is 7.46. The topological polar surface area (TPSA) is 73.8 Å². The first-order chi connectivity index (χ1) is 19.0. The minimum absolute atomic E-state index is 0.256. The first-order valence-corrected chi connectivity index (χ1v) is 15.1. The van der Waals surface area contributed by atoms with Crippen LogP contribution in [0.4, 0.5) is 0 Å². The number of morpholine rings is 1. The summed E-state index contributed by atoms with van der Waals surface area (Å²) in [5.74, 6) is 0.666. The van der Waals surface area contributed by atoms with Crippen LogP contribution >= 0.6 is 12.2 Å². The zero-order chi connectivity index (χ0) is 26.8. The number of sulfonamides is 1. The largest absolute Gasteiger partial charge is 0.379 e. The molecule has 0 bridgehead atoms. The Morgan fingerprint density at radius 1 is 0.923 bits per heavy atom. The van der Waals surface area contributed by atoms with Gasteiger partial charge in [-0.1, -0.05) is 66.7 Å². The van der Waals surface area contributed by atoms with Gasteiger partial charge in [-0.25, -0.2) is 8.42 Å². The van der Waals surface area contributed by atoms with Gasteiger partial charge in [0.1, 0.15) is 6.54 Å². The lowest BCUT2D eigenvalue weighted by atomic mass is 10.0. The SMILES string of the molecule is O=S(=O)(c1cccc(-c2nn(C[NH+]3CCc4ccccc4C3)c(=S)n2Cc2ccccc2)c1)N1CCOCC1. The summed E-state index contributed by atoms with van der Waals surface area (Å²) in [5.41, 5.74) is 4.61. The van der Waals surface area contributed by atoms with Crippen LogP contribution in [0.1, 0.15) is 16.7 Å². The molecule has 6 rings (SSSR count). The predicted octanol–water partition coefficient (Wildman–Crippen LogP) is 2.75. The molecule has 0 saturated carbocycles. The number of nitrogens with one attached hydrogen (secondary N) is 1. The van der Waals surface area contributed by atoms with Gasteiger partial charge in [0.25, 0.3) is 0 Å². The summed E-state index contributed by atoms with van der Waals surface area (Å²) < 4.78 is 38.2. The van der Waals surface area contributed by atoms with Crippen molar-refractivity contribution in [2.75, 3.05) is 32.8 Å². The average Bonchev–Trinajstić information content (AvgIpc) is 3.28. The van der Waals surface area contributed by atoms with Crippen molar-refractivity contribution < 1.29 is 18.1 Å². The summed E-state index contributed by atoms with van der Waals surface area (Å²) in [4.78, 5) is 1.65. The van der Waals surface area contributed by atoms with Gasteiger partial charge in [0.15, 0.2) is 12.5 Å². The van der Waals surface area contributed by atoms with E-state index in [0.717, 1.165) is 30.6 Å². The number of hydrogen-bond acceptors (Lipinski definition) is 5. The number of nitrogens with zero attached hydrogens (tertiary/aromatic N) is 4. The van der Waals surface area contributed by atoms with Crippen LogP contribution < -0.4 is 4.90 Å². The van der Waals surface area contributed by atoms with Gasteiger partial charge in [-0.3, -0.25) is 4.57 Å². The predicted molar refractivity (Wildman–Crippen MR) is 151 cm³/mol. The molecule has 1 atom stereocenters. The van der Waals surface area contributed by atoms with Gasteiger partial charge in [-0.15, -0.1) is 5.10 Å². The molecule has 1 aromatic heterocycles. The Morgan fingerprint density at radius 3 is 2.46 bits per heavy atom. The van der Waals surface area contributed by atoms with Crippen molar-refractivity contribution in [1.82, 2.24) is 18.7 Å². The molecule has 1 fully saturated rings. The third kappa shape index (κ3) is 5.48. The van der Waals surface area contributed by atoms with Gasteiger partial charge in [-0.05, 0) is 35.5 Å². The third-order valence-electron chi connectivity index (χ3n) is 7.49. The first-order valence-electron chi connectivity index (χ1n) is 13.3. The smallest absolute Gasteiger partial charge is 0.243 e. The lowest BCUT2D eigenvalue weighted by Crippen LogP contribution is -3.11. The molecule has 0 spiro atoms. The van der Waals surface area contributed by atoms with Crippen molar-refractivity contribution in [3.8, 4) is 11.4 Å². The lowest BCUT2D eigenvalue weighted by molar-refractivity contribution is -0.939. The van der Waals surface area contributed by atoms with Crippen LogP contribution in [-0.2, 0) is 40.9 Å². The van der Waals surface area contributed by atoms with Crippen LogP contribution in [0.5, 0.6) is 0 Å². The average molecular weight is 563 g/mol. The molecule has 1 N–H and O–H groups in total. The maximum atomic E-state index is 13.4. The van der Waals surface area contributed by atoms with Crippen molar-refractivity contribution in [1.29, 1.82) is 0 Å². The fraction of sp³-hybridized carbons (Fsp3) is 0.310. The van der Waals surface area contributed by atoms with E-state index in [1.165, 1.54) is 20.3 Å². The Bertz CT molecular complexity index is 1630. The highest BCUT2D eigenvalue weighted by molar-refractivity contribution is 7.89. The van der Waals surface area contributed by atoms with E-state index in [0.29, 0.717) is 50.1 Å². The van der Waals surface area contributed by atoms with Gasteiger partial charge >= 0.3 is 0 Å². The molecule has 3 heterocycles. The summed E-state index contributed by atoms with van der Waals surface area (Å²) in [6.45, 7) is 4.65. The molecule has 0 radical (unpaired) electrons. The van der Waals surface area contributed by atoms with Crippen LogP contribution in [0.25, 0.3) is 11.4 Å². The summed E-state index contributed by atoms with van der Waals surface area (Å²) in [7, 11) is -3.64. The number of ether oxygens (including phenoxy) is 1. The normalized spacial score (nSPS) is 18.1. The molecule has 3 aromatic carbocycles. The fourth-order valence-corrected chi connectivity index (χ4v) is 7.10. The summed E-state index contributed by atoms with van der Waals surface area (Å²) in [6.07, 6.45) is 1.03. The minimum atomic E-state index is -3.64. The quantitative estimate of drug-likeness (QED) is 0.351. The number of benzene rings is 3. The number of aromatic nitrogens is 3. The third-order valence-corrected chi connectivity index (χ3v) is 9.81. The standard InChI is InChI=1S/C29H31N5O3S2/c35-39(36,32-15-17-37-18-16-32)27-12-6-11-25(19-27)28-30-34(29(38)33(28)20-23-7-2-1-3-8-23)22-31-14-13-24-9-4-5-10-26(24)21-31/h1-12,19H,13-18,20-22H2/p+1. The number of fused-ring (bicyclic) bond motifs is 1. The molecule has 0 amide bonds. The van der Waals surface area contributed by atoms with E-state index in [2.05, 4.69) is 36.4 Å². The van der Waals surface area contributed by atoms with Crippen LogP contribution in [0.3, 0.4) is 0 Å². The van der Waals surface area contributed by atoms with E-state index in [4.69, 9.17) is 22.1 Å². The van der Waals surface area contributed by atoms with E-state index in [9.17, 15) is 8.42 Å². The van der Waals surface area contributed by atoms with E-state index in [1.54, 1.807) is 18.2 Å². The summed E-state index contributed by atoms with van der Waals surface area (Å²) in [6, 6.07) is 25.8. The Morgan fingerprint density at radius 2 is 1.67 bits per heavy atom. The van der Waals surface area contributed by atoms with E-state index in [-0.39, 0.29) is 4.90 Å². The molecule has 2 aliphatic rings. The van der Waals surface area contributed by atoms with Crippen LogP contribution in [0.2, 0.25) is 0 Å². The van der Waals surface area contributed by atoms with Crippen molar-refractivity contribution in [2.45, 2.75) is 31.1 Å². The van der Waals surface area contributed by atoms with E-state index in [1.807, 2.05) is 33.5 Å². The van der Waals surface area contributed by atoms with Gasteiger partial charge < -0.3 is 9.64 Å². The first kappa shape index (κ1) is 26.1. The number of rotatable bonds is 7. The molecule has 202 valence electrons. The van der Waals surface area contributed by atoms with Crippen LogP contribution in [0, 0.1) is 4.77 Å². The molecule has 39 heavy (non-hydrogen) atoms. The number of quaternary nitrogens is 1. The van der Waals surface area contributed by atoms with E-state index < -0.39 is 10.0 Å². The maximum Gasteiger partial charge on any atom is 0.243 e. The molecule has 1 unspecified atom stereocenters. The molecule has 8 nitrogen and oxygen atoms in total. The number of hydrogen-bond donors (Lipinski definition) is 1. The van der Waals surface area contributed by atoms with Gasteiger partial charge in [0.2, 0.25) is 14.8 Å². The molecule has 2 aliphatic heterocycles. The fourth-order valence-electron chi connectivity index (χ4n) is 5.39. The molecule has 4 aromatic rings. The summed E-state index contributed by atoms with van der Waals surface area (Å²) in [5, 5.41) is 4.99. The second kappa shape index (κ2) is 11.1. The molecule has 0 aliphatic carbocycles. The highest BCUT2D eigenvalue weighted by atomic mass is 32.2. The Labute approximate surface area is 234 Å². The van der Waals surface area contributed by atoms with Crippen molar-refractivity contribution in [2.24, 2.45) is 0 Å². The highest BCUT2D eigenvalue weighted by Gasteiger charge is 2.27. The Balaban J connectivity index is 1.36. The van der Waals surface area contributed by atoms with Crippen molar-refractivity contribution in [3.63, 3.8) is 0 Å². The van der Waals surface area contributed by atoms with Gasteiger partial charge in [0, 0.05) is 30.6 Å². The van der Waals surface area contributed by atoms with Gasteiger partial charge in [-0.2, -0.15) is 8.99 Å². The molecular formula is C29H32N5O3S2+. The second-order valence-corrected chi connectivity index (χ2v) is 12.4. The molecular weight excluding hydrogens is 530 g/mol. The lowest BCUT2D eigenvalue weighted by Gasteiger charge is -2.26. The molecule has 10 heteroatoms. The maximum absolute atomic E-state index is 13.4. The zero-order valence-corrected chi connectivity index (χ0v) is 23.3. The second-order valence-electron chi connectivity index (χ2n) is 10.1. The van der Waals surface area contributed by atoms with Crippen LogP contribution in [-0.4, -0.2) is 59.9 Å². The van der Waals surface area contributed by atoms with Gasteiger partial charge in [0.05, 0.1) is 31.2 Å². The Hall–Kier alpha value is -3.15. The monoisotopic (exact) mass is 562 g/mol. The van der Waals surface area contributed by atoms with Crippen LogP contribution in [0.15, 0.2) is 83.8 Å². The molecule has 1 saturated heterocycles. The highest BCUT2D eigenvalue weighted by Crippen LogP contribution is 2.25. The summed E-state index contributed by atoms with van der Waals surface area (Å²) >= 11 is 5.98. The zero-order valence-electron chi connectivity index (χ0n) is 21.7.